The summed E-state index contributed by atoms with van der Waals surface area (Å²) in [4.78, 5) is 0. The number of hydrogen-bond donors (Lipinski definition) is 0. The lowest BCUT2D eigenvalue weighted by atomic mass is 9.75. The summed E-state index contributed by atoms with van der Waals surface area (Å²) in [6, 6.07) is 9.49. The largest absolute Gasteiger partial charge is 0.493 e. The predicted molar refractivity (Wildman–Crippen MR) is 158 cm³/mol. The predicted octanol–water partition coefficient (Wildman–Crippen LogP) is 10.1. The van der Waals surface area contributed by atoms with Crippen LogP contribution in [0.1, 0.15) is 132 Å². The lowest BCUT2D eigenvalue weighted by molar-refractivity contribution is 0.304. The molecule has 0 saturated heterocycles. The molecule has 0 N–H and O–H groups in total. The van der Waals surface area contributed by atoms with Gasteiger partial charge >= 0.3 is 0 Å². The molecule has 0 aliphatic heterocycles. The molecule has 2 rings (SSSR count). The van der Waals surface area contributed by atoms with Crippen molar-refractivity contribution in [3.05, 3.63) is 46.5 Å². The molecule has 2 heteroatoms. The maximum absolute atomic E-state index is 6.62. The van der Waals surface area contributed by atoms with Gasteiger partial charge in [-0.25, -0.2) is 0 Å². The van der Waals surface area contributed by atoms with Gasteiger partial charge in [-0.3, -0.25) is 0 Å². The molecule has 0 amide bonds. The Bertz CT molecular complexity index is 946. The van der Waals surface area contributed by atoms with E-state index in [1.54, 1.807) is 0 Å². The van der Waals surface area contributed by atoms with Gasteiger partial charge in [0.05, 0.1) is 13.2 Å². The molecule has 202 valence electrons. The molecule has 0 aliphatic carbocycles. The zero-order chi connectivity index (χ0) is 27.7. The third kappa shape index (κ3) is 7.08. The number of hydrogen-bond acceptors (Lipinski definition) is 2. The Morgan fingerprint density at radius 3 is 1.00 bits per heavy atom. The average molecular weight is 495 g/mol. The standard InChI is InChI=1S/C34H54O2/c1-15-17-35-29-25(19-23(31(3,4)5)21-27(29)33(9,10)11)26-20-24(32(6,7)8)22-28(34(12,13)14)30(26)36-18-16-2/h19-22H,15-18H2,1-14H3. The highest BCUT2D eigenvalue weighted by molar-refractivity contribution is 5.81. The Morgan fingerprint density at radius 1 is 0.472 bits per heavy atom. The first-order valence-electron chi connectivity index (χ1n) is 14.0. The summed E-state index contributed by atoms with van der Waals surface area (Å²) in [6.07, 6.45) is 1.94. The van der Waals surface area contributed by atoms with Crippen LogP contribution in [0.15, 0.2) is 24.3 Å². The molecule has 0 spiro atoms. The Hall–Kier alpha value is -1.96. The van der Waals surface area contributed by atoms with E-state index in [2.05, 4.69) is 121 Å². The van der Waals surface area contributed by atoms with Gasteiger partial charge in [0.1, 0.15) is 11.5 Å². The third-order valence-corrected chi connectivity index (χ3v) is 6.72. The van der Waals surface area contributed by atoms with Gasteiger partial charge in [-0.05, 0) is 57.8 Å². The summed E-state index contributed by atoms with van der Waals surface area (Å²) < 4.78 is 13.2. The Labute approximate surface area is 223 Å². The van der Waals surface area contributed by atoms with Crippen LogP contribution >= 0.6 is 0 Å². The summed E-state index contributed by atoms with van der Waals surface area (Å²) in [5.41, 5.74) is 7.39. The van der Waals surface area contributed by atoms with Gasteiger partial charge in [0.15, 0.2) is 0 Å². The van der Waals surface area contributed by atoms with E-state index in [4.69, 9.17) is 9.47 Å². The van der Waals surface area contributed by atoms with Crippen molar-refractivity contribution < 1.29 is 9.47 Å². The van der Waals surface area contributed by atoms with Crippen molar-refractivity contribution in [3.8, 4) is 22.6 Å². The van der Waals surface area contributed by atoms with Crippen molar-refractivity contribution in [3.63, 3.8) is 0 Å². The SMILES string of the molecule is CCCOc1c(-c2cc(C(C)(C)C)cc(C(C)(C)C)c2OCCC)cc(C(C)(C)C)cc1C(C)(C)C. The van der Waals surface area contributed by atoms with Crippen molar-refractivity contribution in [1.82, 2.24) is 0 Å². The van der Waals surface area contributed by atoms with E-state index in [0.717, 1.165) is 35.5 Å². The summed E-state index contributed by atoms with van der Waals surface area (Å²) >= 11 is 0. The Balaban J connectivity index is 3.17. The summed E-state index contributed by atoms with van der Waals surface area (Å²) in [5, 5.41) is 0. The lowest BCUT2D eigenvalue weighted by Gasteiger charge is -2.32. The molecule has 0 fully saturated rings. The molecule has 2 nitrogen and oxygen atoms in total. The lowest BCUT2D eigenvalue weighted by Crippen LogP contribution is -2.20. The fourth-order valence-electron chi connectivity index (χ4n) is 4.36. The Kier molecular flexibility index (Phi) is 9.08. The normalized spacial score (nSPS) is 13.2. The Morgan fingerprint density at radius 2 is 0.778 bits per heavy atom. The van der Waals surface area contributed by atoms with E-state index in [-0.39, 0.29) is 21.7 Å². The second kappa shape index (κ2) is 10.8. The van der Waals surface area contributed by atoms with Crippen LogP contribution in [0.25, 0.3) is 11.1 Å². The first-order valence-corrected chi connectivity index (χ1v) is 14.0. The highest BCUT2D eigenvalue weighted by Crippen LogP contribution is 2.49. The first-order chi connectivity index (χ1) is 16.3. The van der Waals surface area contributed by atoms with Crippen molar-refractivity contribution in [2.24, 2.45) is 0 Å². The molecule has 36 heavy (non-hydrogen) atoms. The van der Waals surface area contributed by atoms with Crippen LogP contribution in [0.4, 0.5) is 0 Å². The van der Waals surface area contributed by atoms with E-state index in [9.17, 15) is 0 Å². The second-order valence-corrected chi connectivity index (χ2v) is 14.5. The van der Waals surface area contributed by atoms with E-state index >= 15 is 0 Å². The van der Waals surface area contributed by atoms with Crippen molar-refractivity contribution >= 4 is 0 Å². The van der Waals surface area contributed by atoms with Gasteiger partial charge in [-0.2, -0.15) is 0 Å². The van der Waals surface area contributed by atoms with Crippen molar-refractivity contribution in [2.75, 3.05) is 13.2 Å². The van der Waals surface area contributed by atoms with Gasteiger partial charge < -0.3 is 9.47 Å². The van der Waals surface area contributed by atoms with Crippen LogP contribution in [-0.4, -0.2) is 13.2 Å². The molecule has 0 atom stereocenters. The van der Waals surface area contributed by atoms with Gasteiger partial charge in [0.2, 0.25) is 0 Å². The van der Waals surface area contributed by atoms with Gasteiger partial charge in [0, 0.05) is 22.3 Å². The summed E-state index contributed by atoms with van der Waals surface area (Å²) in [5.74, 6) is 2.01. The van der Waals surface area contributed by atoms with Crippen LogP contribution in [0, 0.1) is 0 Å². The van der Waals surface area contributed by atoms with E-state index in [1.807, 2.05) is 0 Å². The molecule has 0 aliphatic rings. The number of benzene rings is 2. The smallest absolute Gasteiger partial charge is 0.130 e. The molecule has 2 aromatic carbocycles. The molecule has 0 saturated carbocycles. The minimum Gasteiger partial charge on any atom is -0.493 e. The molecule has 0 aromatic heterocycles. The fraction of sp³-hybridized carbons (Fsp3) is 0.647. The fourth-order valence-corrected chi connectivity index (χ4v) is 4.36. The highest BCUT2D eigenvalue weighted by Gasteiger charge is 2.31. The van der Waals surface area contributed by atoms with Gasteiger partial charge in [-0.15, -0.1) is 0 Å². The second-order valence-electron chi connectivity index (χ2n) is 14.5. The summed E-state index contributed by atoms with van der Waals surface area (Å²) in [6.45, 7) is 33.3. The first kappa shape index (κ1) is 30.3. The number of ether oxygens (including phenoxy) is 2. The minimum absolute atomic E-state index is 0.0109. The van der Waals surface area contributed by atoms with Crippen molar-refractivity contribution in [1.29, 1.82) is 0 Å². The third-order valence-electron chi connectivity index (χ3n) is 6.72. The van der Waals surface area contributed by atoms with E-state index in [1.165, 1.54) is 22.3 Å². The highest BCUT2D eigenvalue weighted by atomic mass is 16.5. The summed E-state index contributed by atoms with van der Waals surface area (Å²) in [7, 11) is 0. The van der Waals surface area contributed by atoms with Crippen LogP contribution in [0.5, 0.6) is 11.5 Å². The molecule has 0 radical (unpaired) electrons. The zero-order valence-corrected chi connectivity index (χ0v) is 26.0. The van der Waals surface area contributed by atoms with Crippen LogP contribution in [0.3, 0.4) is 0 Å². The minimum atomic E-state index is -0.0575. The molecular weight excluding hydrogens is 440 g/mol. The average Bonchev–Trinajstić information content (AvgIpc) is 2.72. The van der Waals surface area contributed by atoms with Crippen LogP contribution < -0.4 is 9.47 Å². The quantitative estimate of drug-likeness (QED) is 0.381. The van der Waals surface area contributed by atoms with Gasteiger partial charge in [-0.1, -0.05) is 109 Å². The van der Waals surface area contributed by atoms with Crippen LogP contribution in [0.2, 0.25) is 0 Å². The van der Waals surface area contributed by atoms with E-state index < -0.39 is 0 Å². The van der Waals surface area contributed by atoms with E-state index in [0.29, 0.717) is 13.2 Å². The van der Waals surface area contributed by atoms with Crippen molar-refractivity contribution in [2.45, 2.75) is 131 Å². The molecule has 0 unspecified atom stereocenters. The zero-order valence-electron chi connectivity index (χ0n) is 26.0. The molecule has 0 heterocycles. The van der Waals surface area contributed by atoms with Crippen LogP contribution in [-0.2, 0) is 21.7 Å². The maximum Gasteiger partial charge on any atom is 0.130 e. The molecular formula is C34H54O2. The topological polar surface area (TPSA) is 18.5 Å². The molecule has 0 bridgehead atoms. The maximum atomic E-state index is 6.62. The number of rotatable bonds is 7. The molecule has 2 aromatic rings. The van der Waals surface area contributed by atoms with Gasteiger partial charge in [0.25, 0.3) is 0 Å². The monoisotopic (exact) mass is 494 g/mol.